The predicted molar refractivity (Wildman–Crippen MR) is 67.1 cm³/mol. The van der Waals surface area contributed by atoms with Crippen molar-refractivity contribution in [2.24, 2.45) is 11.3 Å². The van der Waals surface area contributed by atoms with Gasteiger partial charge in [-0.2, -0.15) is 0 Å². The van der Waals surface area contributed by atoms with Crippen LogP contribution in [0.4, 0.5) is 0 Å². The Kier molecular flexibility index (Phi) is 4.42. The van der Waals surface area contributed by atoms with Gasteiger partial charge in [0, 0.05) is 0 Å². The van der Waals surface area contributed by atoms with Crippen molar-refractivity contribution >= 4 is 0 Å². The monoisotopic (exact) mass is 228 g/mol. The normalized spacial score (nSPS) is 28.1. The molecule has 1 aliphatic rings. The number of hydrogen-bond donors (Lipinski definition) is 0. The van der Waals surface area contributed by atoms with Crippen LogP contribution in [-0.4, -0.2) is 11.7 Å². The van der Waals surface area contributed by atoms with Crippen LogP contribution in [0.25, 0.3) is 0 Å². The third-order valence-corrected chi connectivity index (χ3v) is 3.33. The van der Waals surface area contributed by atoms with Gasteiger partial charge in [0.2, 0.25) is 0 Å². The fourth-order valence-electron chi connectivity index (χ4n) is 2.24. The molecule has 2 nitrogen and oxygen atoms in total. The van der Waals surface area contributed by atoms with Crippen LogP contribution in [0.2, 0.25) is 0 Å². The van der Waals surface area contributed by atoms with Gasteiger partial charge in [-0.05, 0) is 57.8 Å². The highest BCUT2D eigenvalue weighted by molar-refractivity contribution is 4.80. The van der Waals surface area contributed by atoms with Gasteiger partial charge in [0.25, 0.3) is 0 Å². The van der Waals surface area contributed by atoms with E-state index in [0.717, 1.165) is 18.8 Å². The van der Waals surface area contributed by atoms with E-state index in [1.54, 1.807) is 0 Å². The lowest BCUT2D eigenvalue weighted by molar-refractivity contribution is -0.377. The molecule has 0 unspecified atom stereocenters. The lowest BCUT2D eigenvalue weighted by Gasteiger charge is -2.36. The van der Waals surface area contributed by atoms with Crippen molar-refractivity contribution in [2.45, 2.75) is 78.9 Å². The summed E-state index contributed by atoms with van der Waals surface area (Å²) in [5.74, 6) is 0.835. The summed E-state index contributed by atoms with van der Waals surface area (Å²) in [7, 11) is 0. The minimum absolute atomic E-state index is 0.194. The maximum absolute atomic E-state index is 5.51. The van der Waals surface area contributed by atoms with E-state index in [1.165, 1.54) is 12.8 Å². The summed E-state index contributed by atoms with van der Waals surface area (Å²) in [4.78, 5) is 10.9. The zero-order valence-electron chi connectivity index (χ0n) is 11.8. The molecular formula is C14H28O2. The topological polar surface area (TPSA) is 18.5 Å². The fraction of sp³-hybridized carbons (Fsp3) is 1.00. The molecule has 0 atom stereocenters. The van der Waals surface area contributed by atoms with Crippen LogP contribution in [0.5, 0.6) is 0 Å². The smallest absolute Gasteiger partial charge is 0.0952 e. The minimum atomic E-state index is -0.194. The fourth-order valence-corrected chi connectivity index (χ4v) is 2.24. The van der Waals surface area contributed by atoms with Crippen molar-refractivity contribution in [3.05, 3.63) is 0 Å². The minimum Gasteiger partial charge on any atom is -0.233 e. The number of rotatable bonds is 2. The van der Waals surface area contributed by atoms with Crippen molar-refractivity contribution in [1.82, 2.24) is 0 Å². The third-order valence-electron chi connectivity index (χ3n) is 3.33. The maximum atomic E-state index is 5.51. The summed E-state index contributed by atoms with van der Waals surface area (Å²) in [6, 6.07) is 0. The Hall–Kier alpha value is -0.0800. The van der Waals surface area contributed by atoms with Crippen LogP contribution in [0, 0.1) is 11.3 Å². The molecule has 16 heavy (non-hydrogen) atoms. The summed E-state index contributed by atoms with van der Waals surface area (Å²) in [5.41, 5.74) is 0.247. The largest absolute Gasteiger partial charge is 0.233 e. The standard InChI is InChI=1S/C14H28O2/c1-13(2,3)11-7-9-12(10-8-11)15-16-14(4,5)6/h11-12H,7-10H2,1-6H3. The molecule has 1 saturated carbocycles. The van der Waals surface area contributed by atoms with Crippen LogP contribution in [-0.2, 0) is 9.78 Å². The average molecular weight is 228 g/mol. The summed E-state index contributed by atoms with van der Waals surface area (Å²) in [6.45, 7) is 13.1. The van der Waals surface area contributed by atoms with Crippen LogP contribution in [0.3, 0.4) is 0 Å². The van der Waals surface area contributed by atoms with E-state index in [1.807, 2.05) is 20.8 Å². The first-order valence-corrected chi connectivity index (χ1v) is 6.53. The highest BCUT2D eigenvalue weighted by atomic mass is 17.2. The van der Waals surface area contributed by atoms with E-state index in [9.17, 15) is 0 Å². The van der Waals surface area contributed by atoms with Crippen LogP contribution in [0.1, 0.15) is 67.2 Å². The van der Waals surface area contributed by atoms with Crippen molar-refractivity contribution in [3.8, 4) is 0 Å². The first-order valence-electron chi connectivity index (χ1n) is 6.53. The van der Waals surface area contributed by atoms with E-state index >= 15 is 0 Å². The molecule has 1 fully saturated rings. The van der Waals surface area contributed by atoms with Crippen molar-refractivity contribution in [2.75, 3.05) is 0 Å². The molecule has 0 heterocycles. The van der Waals surface area contributed by atoms with Crippen LogP contribution >= 0.6 is 0 Å². The molecule has 1 aliphatic carbocycles. The first-order chi connectivity index (χ1) is 7.18. The molecule has 0 N–H and O–H groups in total. The molecular weight excluding hydrogens is 200 g/mol. The quantitative estimate of drug-likeness (QED) is 0.517. The zero-order chi connectivity index (χ0) is 12.4. The van der Waals surface area contributed by atoms with Gasteiger partial charge in [0.1, 0.15) is 0 Å². The van der Waals surface area contributed by atoms with Crippen molar-refractivity contribution in [1.29, 1.82) is 0 Å². The Morgan fingerprint density at radius 2 is 1.31 bits per heavy atom. The molecule has 2 heteroatoms. The Labute approximate surface area is 101 Å². The highest BCUT2D eigenvalue weighted by Crippen LogP contribution is 2.38. The summed E-state index contributed by atoms with van der Waals surface area (Å²) in [6.07, 6.45) is 5.11. The van der Waals surface area contributed by atoms with E-state index in [0.29, 0.717) is 11.5 Å². The van der Waals surface area contributed by atoms with Gasteiger partial charge in [-0.15, -0.1) is 0 Å². The van der Waals surface area contributed by atoms with Crippen molar-refractivity contribution in [3.63, 3.8) is 0 Å². The Morgan fingerprint density at radius 3 is 1.69 bits per heavy atom. The van der Waals surface area contributed by atoms with E-state index in [2.05, 4.69) is 20.8 Å². The van der Waals surface area contributed by atoms with Crippen molar-refractivity contribution < 1.29 is 9.78 Å². The average Bonchev–Trinajstić information content (AvgIpc) is 2.13. The molecule has 0 radical (unpaired) electrons. The molecule has 1 rings (SSSR count). The van der Waals surface area contributed by atoms with Crippen LogP contribution in [0.15, 0.2) is 0 Å². The van der Waals surface area contributed by atoms with E-state index in [-0.39, 0.29) is 5.60 Å². The lowest BCUT2D eigenvalue weighted by atomic mass is 9.72. The summed E-state index contributed by atoms with van der Waals surface area (Å²) < 4.78 is 0. The maximum Gasteiger partial charge on any atom is 0.0952 e. The molecule has 0 aromatic rings. The molecule has 0 saturated heterocycles. The van der Waals surface area contributed by atoms with Gasteiger partial charge in [0.15, 0.2) is 0 Å². The highest BCUT2D eigenvalue weighted by Gasteiger charge is 2.30. The van der Waals surface area contributed by atoms with Gasteiger partial charge < -0.3 is 0 Å². The Morgan fingerprint density at radius 1 is 0.812 bits per heavy atom. The SMILES string of the molecule is CC(C)(C)OOC1CCC(C(C)(C)C)CC1. The van der Waals surface area contributed by atoms with E-state index < -0.39 is 0 Å². The Balaban J connectivity index is 2.28. The molecule has 0 spiro atoms. The van der Waals surface area contributed by atoms with Gasteiger partial charge in [-0.25, -0.2) is 9.78 Å². The summed E-state index contributed by atoms with van der Waals surface area (Å²) >= 11 is 0. The second-order valence-corrected chi connectivity index (χ2v) is 7.13. The lowest BCUT2D eigenvalue weighted by Crippen LogP contribution is -2.31. The predicted octanol–water partition coefficient (Wildman–Crippen LogP) is 4.34. The zero-order valence-corrected chi connectivity index (χ0v) is 11.8. The van der Waals surface area contributed by atoms with E-state index in [4.69, 9.17) is 9.78 Å². The van der Waals surface area contributed by atoms with Gasteiger partial charge >= 0.3 is 0 Å². The molecule has 0 aliphatic heterocycles. The Bertz CT molecular complexity index is 202. The molecule has 0 amide bonds. The second kappa shape index (κ2) is 5.05. The van der Waals surface area contributed by atoms with Gasteiger partial charge in [-0.3, -0.25) is 0 Å². The molecule has 0 aromatic carbocycles. The second-order valence-electron chi connectivity index (χ2n) is 7.13. The summed E-state index contributed by atoms with van der Waals surface area (Å²) in [5, 5.41) is 0. The third kappa shape index (κ3) is 4.84. The molecule has 0 bridgehead atoms. The van der Waals surface area contributed by atoms with Gasteiger partial charge in [0.05, 0.1) is 11.7 Å². The molecule has 96 valence electrons. The van der Waals surface area contributed by atoms with Crippen LogP contribution < -0.4 is 0 Å². The first kappa shape index (κ1) is 14.0. The molecule has 0 aromatic heterocycles. The van der Waals surface area contributed by atoms with Gasteiger partial charge in [-0.1, -0.05) is 20.8 Å². The number of hydrogen-bond acceptors (Lipinski definition) is 2.